The van der Waals surface area contributed by atoms with E-state index >= 15 is 0 Å². The summed E-state index contributed by atoms with van der Waals surface area (Å²) in [6, 6.07) is 10.1. The van der Waals surface area contributed by atoms with Crippen molar-refractivity contribution in [3.8, 4) is 11.5 Å². The van der Waals surface area contributed by atoms with Crippen LogP contribution in [-0.2, 0) is 0 Å². The Morgan fingerprint density at radius 3 is 1.49 bits per heavy atom. The Balaban J connectivity index is 0.00000267. The van der Waals surface area contributed by atoms with Gasteiger partial charge in [0, 0.05) is 18.6 Å². The topological polar surface area (TPSA) is 200 Å². The molecule has 14 heteroatoms. The fourth-order valence-electron chi connectivity index (χ4n) is 3.62. The molecule has 0 radical (unpaired) electrons. The maximum Gasteiger partial charge on any atom is 1.00 e. The first-order valence-electron chi connectivity index (χ1n) is 10.8. The van der Waals surface area contributed by atoms with Crippen molar-refractivity contribution in [1.82, 2.24) is 0 Å². The van der Waals surface area contributed by atoms with E-state index in [-0.39, 0.29) is 112 Å². The van der Waals surface area contributed by atoms with Crippen molar-refractivity contribution in [3.05, 3.63) is 80.5 Å². The minimum atomic E-state index is -1.65. The van der Waals surface area contributed by atoms with Crippen LogP contribution in [0.15, 0.2) is 67.0 Å². The summed E-state index contributed by atoms with van der Waals surface area (Å²) in [6.45, 7) is -0.663. The van der Waals surface area contributed by atoms with Crippen LogP contribution in [0.3, 0.4) is 0 Å². The molecule has 0 aliphatic rings. The predicted octanol–water partition coefficient (Wildman–Crippen LogP) is -6.80. The van der Waals surface area contributed by atoms with Gasteiger partial charge in [-0.3, -0.25) is 9.59 Å². The summed E-state index contributed by atoms with van der Waals surface area (Å²) >= 11 is 0. The maximum absolute atomic E-state index is 12.3. The number of rotatable bonds is 10. The van der Waals surface area contributed by atoms with Gasteiger partial charge >= 0.3 is 59.1 Å². The van der Waals surface area contributed by atoms with Crippen molar-refractivity contribution in [2.24, 2.45) is 0 Å². The van der Waals surface area contributed by atoms with E-state index in [1.54, 1.807) is 0 Å². The molecule has 12 nitrogen and oxygen atoms in total. The molecule has 4 aromatic rings. The Morgan fingerprint density at radius 2 is 1.13 bits per heavy atom. The quantitative estimate of drug-likeness (QED) is 0.175. The zero-order chi connectivity index (χ0) is 26.7. The average Bonchev–Trinajstić information content (AvgIpc) is 2.85. The second-order valence-electron chi connectivity index (χ2n) is 7.95. The summed E-state index contributed by atoms with van der Waals surface area (Å²) in [7, 11) is 0. The van der Waals surface area contributed by atoms with E-state index in [0.717, 1.165) is 12.1 Å². The third kappa shape index (κ3) is 7.71. The molecule has 2 atom stereocenters. The Kier molecular flexibility index (Phi) is 11.8. The van der Waals surface area contributed by atoms with Crippen LogP contribution in [0.2, 0.25) is 0 Å². The Morgan fingerprint density at radius 1 is 0.744 bits per heavy atom. The first-order valence-corrected chi connectivity index (χ1v) is 10.8. The van der Waals surface area contributed by atoms with Crippen LogP contribution in [0.4, 0.5) is 0 Å². The number of benzene rings is 2. The number of ether oxygens (including phenoxy) is 2. The van der Waals surface area contributed by atoms with Crippen LogP contribution in [0.5, 0.6) is 11.5 Å². The summed E-state index contributed by atoms with van der Waals surface area (Å²) in [4.78, 5) is 46.6. The summed E-state index contributed by atoms with van der Waals surface area (Å²) in [5, 5.41) is 42.5. The monoisotopic (exact) mass is 556 g/mol. The zero-order valence-electron chi connectivity index (χ0n) is 20.9. The van der Waals surface area contributed by atoms with E-state index in [2.05, 4.69) is 0 Å². The molecular weight excluding hydrogens is 538 g/mol. The molecule has 4 rings (SSSR count). The minimum Gasteiger partial charge on any atom is -0.542 e. The average molecular weight is 556 g/mol. The summed E-state index contributed by atoms with van der Waals surface area (Å²) < 4.78 is 21.2. The number of aromatic carboxylic acids is 2. The molecule has 0 spiro atoms. The molecular formula is C25H18Na2O12. The maximum atomic E-state index is 12.3. The molecule has 2 aromatic carbocycles. The molecule has 192 valence electrons. The van der Waals surface area contributed by atoms with Crippen molar-refractivity contribution >= 4 is 33.9 Å². The molecule has 0 amide bonds. The molecule has 0 aliphatic heterocycles. The number of hydrogen-bond acceptors (Lipinski definition) is 12. The summed E-state index contributed by atoms with van der Waals surface area (Å²) in [5.41, 5.74) is -1.44. The SMILES string of the molecule is O=C([O-])c1cc(=O)c2c(OC[C@H](O)C[C@@H](O)COc3cccc4oc(C(=O)[O-])cc(=O)c34)cccc2o1.[Na+].[Na+]. The third-order valence-corrected chi connectivity index (χ3v) is 5.24. The summed E-state index contributed by atoms with van der Waals surface area (Å²) in [5.74, 6) is -4.49. The van der Waals surface area contributed by atoms with E-state index in [9.17, 15) is 39.6 Å². The Bertz CT molecular complexity index is 1490. The number of carboxylic acids is 2. The molecule has 0 bridgehead atoms. The van der Waals surface area contributed by atoms with Gasteiger partial charge in [-0.2, -0.15) is 0 Å². The van der Waals surface area contributed by atoms with Gasteiger partial charge in [-0.15, -0.1) is 0 Å². The molecule has 2 N–H and O–H groups in total. The minimum absolute atomic E-state index is 0. The largest absolute Gasteiger partial charge is 1.00 e. The van der Waals surface area contributed by atoms with Crippen LogP contribution in [0.25, 0.3) is 21.9 Å². The third-order valence-electron chi connectivity index (χ3n) is 5.24. The van der Waals surface area contributed by atoms with Crippen molar-refractivity contribution in [1.29, 1.82) is 0 Å². The number of carboxylic acid groups (broad SMARTS) is 2. The van der Waals surface area contributed by atoms with Gasteiger partial charge < -0.3 is 48.3 Å². The molecule has 39 heavy (non-hydrogen) atoms. The number of carbonyl (C=O) groups excluding carboxylic acids is 2. The molecule has 2 aromatic heterocycles. The first-order chi connectivity index (χ1) is 17.6. The Hall–Kier alpha value is -2.68. The molecule has 0 saturated carbocycles. The van der Waals surface area contributed by atoms with Gasteiger partial charge in [0.25, 0.3) is 0 Å². The van der Waals surface area contributed by atoms with Crippen LogP contribution in [0, 0.1) is 0 Å². The van der Waals surface area contributed by atoms with Crippen molar-refractivity contribution in [2.45, 2.75) is 18.6 Å². The van der Waals surface area contributed by atoms with E-state index in [1.807, 2.05) is 0 Å². The molecule has 0 aliphatic carbocycles. The fourth-order valence-corrected chi connectivity index (χ4v) is 3.62. The second kappa shape index (κ2) is 14.1. The molecule has 0 fully saturated rings. The van der Waals surface area contributed by atoms with Gasteiger partial charge in [0.05, 0.1) is 12.2 Å². The number of aliphatic hydroxyl groups is 2. The standard InChI is InChI=1S/C25H20O12.2Na/c26-12(10-34-16-3-1-5-18-22(16)14(28)8-20(36-18)24(30)31)7-13(27)11-35-17-4-2-6-19-23(17)15(29)9-21(37-19)25(32)33;;/h1-6,8-9,12-13,26-27H,7,10-11H2,(H,30,31)(H,32,33);;/q;2*+1/p-2/t12-,13-;;/m1../s1. The van der Waals surface area contributed by atoms with Crippen LogP contribution in [-0.4, -0.2) is 47.6 Å². The van der Waals surface area contributed by atoms with Gasteiger partial charge in [-0.05, 0) is 24.3 Å². The fraction of sp³-hybridized carbons (Fsp3) is 0.200. The van der Waals surface area contributed by atoms with Crippen molar-refractivity contribution < 1.29 is 107 Å². The number of fused-ring (bicyclic) bond motifs is 2. The van der Waals surface area contributed by atoms with E-state index < -0.39 is 46.5 Å². The van der Waals surface area contributed by atoms with Gasteiger partial charge in [-0.25, -0.2) is 0 Å². The smallest absolute Gasteiger partial charge is 0.542 e. The van der Waals surface area contributed by atoms with Gasteiger partial charge in [-0.1, -0.05) is 12.1 Å². The number of hydrogen-bond donors (Lipinski definition) is 2. The van der Waals surface area contributed by atoms with E-state index in [4.69, 9.17) is 18.3 Å². The van der Waals surface area contributed by atoms with Gasteiger partial charge in [0.1, 0.15) is 58.6 Å². The predicted molar refractivity (Wildman–Crippen MR) is 121 cm³/mol. The second-order valence-corrected chi connectivity index (χ2v) is 7.95. The van der Waals surface area contributed by atoms with E-state index in [1.165, 1.54) is 36.4 Å². The van der Waals surface area contributed by atoms with Crippen LogP contribution < -0.4 is 89.7 Å². The van der Waals surface area contributed by atoms with Gasteiger partial charge in [0.15, 0.2) is 22.4 Å². The number of carbonyl (C=O) groups is 2. The van der Waals surface area contributed by atoms with Crippen molar-refractivity contribution in [2.75, 3.05) is 13.2 Å². The molecule has 2 heterocycles. The Labute approximate surface area is 263 Å². The van der Waals surface area contributed by atoms with Crippen molar-refractivity contribution in [3.63, 3.8) is 0 Å². The molecule has 0 unspecified atom stereocenters. The summed E-state index contributed by atoms with van der Waals surface area (Å²) in [6.07, 6.45) is -2.61. The first kappa shape index (κ1) is 32.5. The number of aliphatic hydroxyl groups excluding tert-OH is 2. The van der Waals surface area contributed by atoms with Crippen LogP contribution >= 0.6 is 0 Å². The molecule has 0 saturated heterocycles. The van der Waals surface area contributed by atoms with E-state index in [0.29, 0.717) is 0 Å². The van der Waals surface area contributed by atoms with Crippen LogP contribution in [0.1, 0.15) is 27.5 Å². The normalized spacial score (nSPS) is 12.2. The zero-order valence-corrected chi connectivity index (χ0v) is 24.9. The van der Waals surface area contributed by atoms with Gasteiger partial charge in [0.2, 0.25) is 0 Å².